The zero-order valence-corrected chi connectivity index (χ0v) is 19.6. The highest BCUT2D eigenvalue weighted by Crippen LogP contribution is 2.29. The predicted molar refractivity (Wildman–Crippen MR) is 129 cm³/mol. The number of ether oxygens (including phenoxy) is 2. The van der Waals surface area contributed by atoms with Crippen LogP contribution in [-0.4, -0.2) is 38.9 Å². The van der Waals surface area contributed by atoms with E-state index in [9.17, 15) is 14.4 Å². The topological polar surface area (TPSA) is 109 Å². The first-order valence-corrected chi connectivity index (χ1v) is 11.0. The Kier molecular flexibility index (Phi) is 6.40. The molecule has 0 spiro atoms. The molecule has 34 heavy (non-hydrogen) atoms. The molecule has 0 fully saturated rings. The molecule has 4 rings (SSSR count). The van der Waals surface area contributed by atoms with Gasteiger partial charge < -0.3 is 14.8 Å². The van der Waals surface area contributed by atoms with Gasteiger partial charge in [-0.25, -0.2) is 13.9 Å². The third-order valence-corrected chi connectivity index (χ3v) is 5.57. The molecule has 0 aliphatic carbocycles. The number of aromatic nitrogens is 4. The van der Waals surface area contributed by atoms with Gasteiger partial charge in [0.15, 0.2) is 11.5 Å². The number of para-hydroxylation sites is 1. The molecule has 0 saturated carbocycles. The maximum Gasteiger partial charge on any atom is 0.352 e. The number of fused-ring (bicyclic) bond motifs is 3. The smallest absolute Gasteiger partial charge is 0.352 e. The molecule has 0 unspecified atom stereocenters. The van der Waals surface area contributed by atoms with Crippen LogP contribution in [0.1, 0.15) is 20.3 Å². The number of benzene rings is 2. The van der Waals surface area contributed by atoms with Crippen molar-refractivity contribution in [1.29, 1.82) is 0 Å². The molecule has 0 atom stereocenters. The van der Waals surface area contributed by atoms with Crippen LogP contribution in [0.4, 0.5) is 5.69 Å². The van der Waals surface area contributed by atoms with Crippen molar-refractivity contribution < 1.29 is 14.3 Å². The quantitative estimate of drug-likeness (QED) is 0.428. The second-order valence-corrected chi connectivity index (χ2v) is 8.35. The minimum Gasteiger partial charge on any atom is -0.493 e. The number of rotatable bonds is 8. The van der Waals surface area contributed by atoms with Gasteiger partial charge in [0.1, 0.15) is 6.54 Å². The molecule has 2 aromatic carbocycles. The number of aryl methyl sites for hydroxylation is 1. The van der Waals surface area contributed by atoms with Gasteiger partial charge in [-0.1, -0.05) is 26.0 Å². The van der Waals surface area contributed by atoms with E-state index in [0.29, 0.717) is 40.6 Å². The lowest BCUT2D eigenvalue weighted by atomic mass is 10.1. The molecule has 2 heterocycles. The van der Waals surface area contributed by atoms with Crippen LogP contribution in [0.25, 0.3) is 16.7 Å². The van der Waals surface area contributed by atoms with Crippen LogP contribution in [0.2, 0.25) is 0 Å². The lowest BCUT2D eigenvalue weighted by molar-refractivity contribution is -0.117. The number of hydrogen-bond donors (Lipinski definition) is 1. The van der Waals surface area contributed by atoms with E-state index in [2.05, 4.69) is 24.3 Å². The minimum absolute atomic E-state index is 0.212. The Hall–Kier alpha value is -4.08. The highest BCUT2D eigenvalue weighted by Gasteiger charge is 2.19. The van der Waals surface area contributed by atoms with Gasteiger partial charge in [0.2, 0.25) is 11.7 Å². The zero-order valence-electron chi connectivity index (χ0n) is 19.6. The molecule has 4 aromatic rings. The Bertz CT molecular complexity index is 1480. The first-order valence-electron chi connectivity index (χ1n) is 11.0. The summed E-state index contributed by atoms with van der Waals surface area (Å²) in [4.78, 5) is 39.1. The first-order chi connectivity index (χ1) is 16.3. The number of carbonyl (C=O) groups is 1. The maximum absolute atomic E-state index is 13.2. The van der Waals surface area contributed by atoms with E-state index < -0.39 is 11.6 Å². The fourth-order valence-corrected chi connectivity index (χ4v) is 3.81. The summed E-state index contributed by atoms with van der Waals surface area (Å²) in [6.07, 6.45) is 0.745. The van der Waals surface area contributed by atoms with Crippen molar-refractivity contribution in [3.63, 3.8) is 0 Å². The van der Waals surface area contributed by atoms with Crippen molar-refractivity contribution >= 4 is 28.3 Å². The van der Waals surface area contributed by atoms with Gasteiger partial charge in [0.05, 0.1) is 25.1 Å². The first kappa shape index (κ1) is 23.1. The Balaban J connectivity index is 1.72. The van der Waals surface area contributed by atoms with Gasteiger partial charge in [-0.2, -0.15) is 0 Å². The number of nitrogens with one attached hydrogen (secondary N) is 1. The molecule has 0 aliphatic heterocycles. The molecule has 1 amide bonds. The summed E-state index contributed by atoms with van der Waals surface area (Å²) in [5.74, 6) is 1.13. The second-order valence-electron chi connectivity index (χ2n) is 8.35. The summed E-state index contributed by atoms with van der Waals surface area (Å²) in [7, 11) is 3.03. The molecule has 1 N–H and O–H groups in total. The van der Waals surface area contributed by atoms with Gasteiger partial charge in [-0.15, -0.1) is 5.10 Å². The van der Waals surface area contributed by atoms with Crippen molar-refractivity contribution in [1.82, 2.24) is 18.7 Å². The monoisotopic (exact) mass is 465 g/mol. The molecular formula is C24H27N5O5. The van der Waals surface area contributed by atoms with Gasteiger partial charge in [0.25, 0.3) is 5.56 Å². The van der Waals surface area contributed by atoms with Gasteiger partial charge >= 0.3 is 5.69 Å². The van der Waals surface area contributed by atoms with Crippen LogP contribution in [-0.2, 0) is 17.9 Å². The molecular weight excluding hydrogens is 438 g/mol. The molecule has 10 nitrogen and oxygen atoms in total. The molecule has 0 aliphatic rings. The third kappa shape index (κ3) is 4.26. The molecule has 0 saturated heterocycles. The summed E-state index contributed by atoms with van der Waals surface area (Å²) >= 11 is 0. The minimum atomic E-state index is -0.494. The summed E-state index contributed by atoms with van der Waals surface area (Å²) < 4.78 is 14.4. The van der Waals surface area contributed by atoms with E-state index in [1.54, 1.807) is 42.5 Å². The van der Waals surface area contributed by atoms with Crippen LogP contribution in [0, 0.1) is 5.92 Å². The highest BCUT2D eigenvalue weighted by molar-refractivity contribution is 5.91. The molecule has 2 aromatic heterocycles. The fraction of sp³-hybridized carbons (Fsp3) is 0.333. The van der Waals surface area contributed by atoms with Gasteiger partial charge in [-0.05, 0) is 36.6 Å². The van der Waals surface area contributed by atoms with Crippen molar-refractivity contribution in [3.05, 3.63) is 63.3 Å². The van der Waals surface area contributed by atoms with Crippen LogP contribution in [0.3, 0.4) is 0 Å². The number of hydrogen-bond acceptors (Lipinski definition) is 6. The van der Waals surface area contributed by atoms with Gasteiger partial charge in [-0.3, -0.25) is 14.2 Å². The zero-order chi connectivity index (χ0) is 24.4. The van der Waals surface area contributed by atoms with Crippen LogP contribution < -0.4 is 26.0 Å². The fourth-order valence-electron chi connectivity index (χ4n) is 3.81. The number of carbonyl (C=O) groups excluding carboxylic acids is 1. The van der Waals surface area contributed by atoms with E-state index in [-0.39, 0.29) is 17.9 Å². The Labute approximate surface area is 195 Å². The number of anilines is 1. The predicted octanol–water partition coefficient (Wildman–Crippen LogP) is 2.51. The SMILES string of the molecule is COc1ccc(NC(=O)Cn2nc3n(CCC(C)C)c(=O)c4ccccc4n3c2=O)cc1OC. The average molecular weight is 466 g/mol. The van der Waals surface area contributed by atoms with E-state index >= 15 is 0 Å². The van der Waals surface area contributed by atoms with Crippen molar-refractivity contribution in [3.8, 4) is 11.5 Å². The second kappa shape index (κ2) is 9.42. The van der Waals surface area contributed by atoms with Crippen LogP contribution >= 0.6 is 0 Å². The Morgan fingerprint density at radius 3 is 2.50 bits per heavy atom. The van der Waals surface area contributed by atoms with E-state index in [0.717, 1.165) is 11.1 Å². The Morgan fingerprint density at radius 1 is 1.06 bits per heavy atom. The summed E-state index contributed by atoms with van der Waals surface area (Å²) in [6.45, 7) is 4.22. The standard InChI is InChI=1S/C24H27N5O5/c1-15(2)11-12-27-22(31)17-7-5-6-8-18(17)29-23(27)26-28(24(29)32)14-21(30)25-16-9-10-19(33-3)20(13-16)34-4/h5-10,13,15H,11-12,14H2,1-4H3,(H,25,30). The average Bonchev–Trinajstić information content (AvgIpc) is 3.14. The van der Waals surface area contributed by atoms with Crippen molar-refractivity contribution in [2.45, 2.75) is 33.4 Å². The van der Waals surface area contributed by atoms with Crippen molar-refractivity contribution in [2.24, 2.45) is 5.92 Å². The lowest BCUT2D eigenvalue weighted by Crippen LogP contribution is -2.29. The number of methoxy groups -OCH3 is 2. The lowest BCUT2D eigenvalue weighted by Gasteiger charge is -2.10. The molecule has 10 heteroatoms. The largest absolute Gasteiger partial charge is 0.493 e. The summed E-state index contributed by atoms with van der Waals surface area (Å²) in [6, 6.07) is 11.9. The highest BCUT2D eigenvalue weighted by atomic mass is 16.5. The number of amides is 1. The molecule has 178 valence electrons. The van der Waals surface area contributed by atoms with E-state index in [4.69, 9.17) is 9.47 Å². The van der Waals surface area contributed by atoms with Crippen LogP contribution in [0.15, 0.2) is 52.1 Å². The summed E-state index contributed by atoms with van der Waals surface area (Å²) in [5, 5.41) is 7.53. The van der Waals surface area contributed by atoms with Crippen LogP contribution in [0.5, 0.6) is 11.5 Å². The molecule has 0 bridgehead atoms. The Morgan fingerprint density at radius 2 is 1.79 bits per heavy atom. The van der Waals surface area contributed by atoms with E-state index in [1.807, 2.05) is 0 Å². The van der Waals surface area contributed by atoms with E-state index in [1.165, 1.54) is 23.2 Å². The van der Waals surface area contributed by atoms with Crippen molar-refractivity contribution in [2.75, 3.05) is 19.5 Å². The number of nitrogens with zero attached hydrogens (tertiary/aromatic N) is 4. The maximum atomic E-state index is 13.2. The molecule has 0 radical (unpaired) electrons. The summed E-state index contributed by atoms with van der Waals surface area (Å²) in [5.41, 5.74) is 0.237. The van der Waals surface area contributed by atoms with Gasteiger partial charge in [0, 0.05) is 18.3 Å². The third-order valence-electron chi connectivity index (χ3n) is 5.57. The normalized spacial score (nSPS) is 11.3.